The molecule has 1 aliphatic rings. The van der Waals surface area contributed by atoms with Gasteiger partial charge in [-0.2, -0.15) is 0 Å². The van der Waals surface area contributed by atoms with Crippen LogP contribution >= 0.6 is 0 Å². The van der Waals surface area contributed by atoms with E-state index in [2.05, 4.69) is 132 Å². The number of para-hydroxylation sites is 2. The zero-order valence-electron chi connectivity index (χ0n) is 26.8. The van der Waals surface area contributed by atoms with Crippen molar-refractivity contribution in [2.75, 3.05) is 11.4 Å². The highest BCUT2D eigenvalue weighted by molar-refractivity contribution is 6.10. The molecule has 0 spiro atoms. The first-order valence-electron chi connectivity index (χ1n) is 15.6. The van der Waals surface area contributed by atoms with Crippen LogP contribution in [0.2, 0.25) is 0 Å². The molecule has 0 fully saturated rings. The molecule has 0 unspecified atom stereocenters. The quantitative estimate of drug-likeness (QED) is 0.158. The van der Waals surface area contributed by atoms with Gasteiger partial charge >= 0.3 is 0 Å². The number of aromatic nitrogens is 1. The second-order valence-electron chi connectivity index (χ2n) is 9.64. The van der Waals surface area contributed by atoms with Crippen molar-refractivity contribution in [3.05, 3.63) is 139 Å². The predicted molar refractivity (Wildman–Crippen MR) is 193 cm³/mol. The highest BCUT2D eigenvalue weighted by Crippen LogP contribution is 2.38. The van der Waals surface area contributed by atoms with Crippen molar-refractivity contribution in [3.8, 4) is 0 Å². The van der Waals surface area contributed by atoms with Gasteiger partial charge in [0.1, 0.15) is 0 Å². The number of anilines is 2. The Morgan fingerprint density at radius 1 is 0.953 bits per heavy atom. The molecule has 0 amide bonds. The third-order valence-electron chi connectivity index (χ3n) is 7.22. The molecule has 43 heavy (non-hydrogen) atoms. The summed E-state index contributed by atoms with van der Waals surface area (Å²) in [7, 11) is 0. The first kappa shape index (κ1) is 32.9. The average molecular weight is 570 g/mol. The standard InChI is InChI=1S/C36H35N3.2C2H6/c1-4-6-20-32(36-25-29-15-13-14-21-34(29)39(36)31-18-11-8-12-19-31)28-22-23-35(33(24-28)27(3)26-37)38(5-2)30-16-9-7-10-17-30;2*1-2/h4,6-11,13-18,20-26,37H,3,5,12,19H2,1-2H3;2*1-2H3/b6-4-,32-20-,37-26?;;. The van der Waals surface area contributed by atoms with Crippen molar-refractivity contribution >= 4 is 45.3 Å². The molecule has 0 radical (unpaired) electrons. The molecule has 0 atom stereocenters. The van der Waals surface area contributed by atoms with E-state index in [-0.39, 0.29) is 0 Å². The van der Waals surface area contributed by atoms with Crippen LogP contribution in [0.5, 0.6) is 0 Å². The molecule has 1 aliphatic carbocycles. The van der Waals surface area contributed by atoms with Crippen molar-refractivity contribution < 1.29 is 0 Å². The predicted octanol–water partition coefficient (Wildman–Crippen LogP) is 11.7. The SMILES string of the molecule is C=C(C=N)c1cc(/C(=C/C=C\C)c2cc3ccccc3n2C2=CC=CCC2)ccc1N(CC)c1ccccc1.CC.CC. The average Bonchev–Trinajstić information content (AvgIpc) is 3.47. The van der Waals surface area contributed by atoms with E-state index >= 15 is 0 Å². The van der Waals surface area contributed by atoms with Gasteiger partial charge in [0.05, 0.1) is 11.2 Å². The molecule has 3 heteroatoms. The van der Waals surface area contributed by atoms with Crippen LogP contribution in [0.25, 0.3) is 27.7 Å². The third-order valence-corrected chi connectivity index (χ3v) is 7.22. The summed E-state index contributed by atoms with van der Waals surface area (Å²) < 4.78 is 2.41. The van der Waals surface area contributed by atoms with Crippen molar-refractivity contribution in [2.45, 2.75) is 54.4 Å². The molecule has 0 saturated carbocycles. The van der Waals surface area contributed by atoms with Crippen molar-refractivity contribution in [3.63, 3.8) is 0 Å². The summed E-state index contributed by atoms with van der Waals surface area (Å²) in [5.74, 6) is 0. The molecule has 4 aromatic rings. The lowest BCUT2D eigenvalue weighted by Crippen LogP contribution is -2.17. The van der Waals surface area contributed by atoms with Crippen LogP contribution in [-0.2, 0) is 0 Å². The van der Waals surface area contributed by atoms with E-state index < -0.39 is 0 Å². The van der Waals surface area contributed by atoms with E-state index in [4.69, 9.17) is 5.41 Å². The summed E-state index contributed by atoms with van der Waals surface area (Å²) in [6, 6.07) is 27.9. The fourth-order valence-electron chi connectivity index (χ4n) is 5.33. The van der Waals surface area contributed by atoms with Gasteiger partial charge in [0, 0.05) is 46.4 Å². The zero-order chi connectivity index (χ0) is 31.2. The van der Waals surface area contributed by atoms with Gasteiger partial charge in [-0.05, 0) is 80.3 Å². The molecule has 0 aliphatic heterocycles. The van der Waals surface area contributed by atoms with Crippen LogP contribution in [-0.4, -0.2) is 17.3 Å². The molecular weight excluding hydrogens is 522 g/mol. The van der Waals surface area contributed by atoms with Crippen molar-refractivity contribution in [1.29, 1.82) is 5.41 Å². The molecule has 1 aromatic heterocycles. The van der Waals surface area contributed by atoms with Gasteiger partial charge in [0.25, 0.3) is 0 Å². The van der Waals surface area contributed by atoms with Gasteiger partial charge in [-0.1, -0.05) is 107 Å². The molecule has 3 nitrogen and oxygen atoms in total. The van der Waals surface area contributed by atoms with E-state index in [1.54, 1.807) is 0 Å². The Hall–Kier alpha value is -4.63. The maximum Gasteiger partial charge on any atom is 0.0543 e. The fourth-order valence-corrected chi connectivity index (χ4v) is 5.33. The first-order valence-corrected chi connectivity index (χ1v) is 15.6. The Morgan fingerprint density at radius 3 is 2.33 bits per heavy atom. The maximum atomic E-state index is 8.05. The van der Waals surface area contributed by atoms with Gasteiger partial charge in [-0.15, -0.1) is 0 Å². The van der Waals surface area contributed by atoms with Crippen LogP contribution in [0, 0.1) is 5.41 Å². The number of nitrogens with one attached hydrogen (secondary N) is 1. The Bertz CT molecular complexity index is 1630. The number of fused-ring (bicyclic) bond motifs is 1. The van der Waals surface area contributed by atoms with Crippen molar-refractivity contribution in [1.82, 2.24) is 4.57 Å². The van der Waals surface area contributed by atoms with Crippen LogP contribution in [0.3, 0.4) is 0 Å². The lowest BCUT2D eigenvalue weighted by Gasteiger charge is -2.27. The maximum absolute atomic E-state index is 8.05. The Balaban J connectivity index is 0.00000121. The largest absolute Gasteiger partial charge is 0.341 e. The minimum absolute atomic E-state index is 0.687. The Labute approximate surface area is 259 Å². The van der Waals surface area contributed by atoms with E-state index in [0.29, 0.717) is 5.57 Å². The number of nitrogens with zero attached hydrogens (tertiary/aromatic N) is 2. The van der Waals surface area contributed by atoms with E-state index in [1.807, 2.05) is 40.7 Å². The molecule has 1 N–H and O–H groups in total. The summed E-state index contributed by atoms with van der Waals surface area (Å²) >= 11 is 0. The number of hydrogen-bond donors (Lipinski definition) is 1. The molecule has 3 aromatic carbocycles. The van der Waals surface area contributed by atoms with Crippen LogP contribution in [0.4, 0.5) is 11.4 Å². The van der Waals surface area contributed by atoms with Crippen LogP contribution in [0.15, 0.2) is 122 Å². The summed E-state index contributed by atoms with van der Waals surface area (Å²) in [6.45, 7) is 17.3. The van der Waals surface area contributed by atoms with Gasteiger partial charge in [0.15, 0.2) is 0 Å². The number of benzene rings is 3. The first-order chi connectivity index (χ1) is 21.2. The second-order valence-corrected chi connectivity index (χ2v) is 9.64. The lowest BCUT2D eigenvalue weighted by molar-refractivity contribution is 0.955. The minimum Gasteiger partial charge on any atom is -0.341 e. The summed E-state index contributed by atoms with van der Waals surface area (Å²) in [4.78, 5) is 2.28. The monoisotopic (exact) mass is 569 g/mol. The highest BCUT2D eigenvalue weighted by Gasteiger charge is 2.20. The number of allylic oxidation sites excluding steroid dienone is 8. The Morgan fingerprint density at radius 2 is 1.67 bits per heavy atom. The van der Waals surface area contributed by atoms with E-state index in [0.717, 1.165) is 53.2 Å². The fraction of sp³-hybridized carbons (Fsp3) is 0.225. The second kappa shape index (κ2) is 16.7. The Kier molecular flexibility index (Phi) is 12.8. The van der Waals surface area contributed by atoms with Crippen LogP contribution < -0.4 is 4.90 Å². The highest BCUT2D eigenvalue weighted by atomic mass is 15.1. The van der Waals surface area contributed by atoms with Crippen molar-refractivity contribution in [2.24, 2.45) is 0 Å². The zero-order valence-corrected chi connectivity index (χ0v) is 26.8. The third kappa shape index (κ3) is 7.42. The number of hydrogen-bond acceptors (Lipinski definition) is 2. The molecular formula is C40H47N3. The van der Waals surface area contributed by atoms with Gasteiger partial charge in [-0.3, -0.25) is 0 Å². The molecule has 0 bridgehead atoms. The van der Waals surface area contributed by atoms with Gasteiger partial charge in [-0.25, -0.2) is 0 Å². The molecule has 1 heterocycles. The lowest BCUT2D eigenvalue weighted by atomic mass is 9.95. The molecule has 5 rings (SSSR count). The van der Waals surface area contributed by atoms with Gasteiger partial charge < -0.3 is 14.9 Å². The van der Waals surface area contributed by atoms with Crippen LogP contribution in [0.1, 0.15) is 71.2 Å². The normalized spacial score (nSPS) is 12.6. The number of rotatable bonds is 9. The van der Waals surface area contributed by atoms with E-state index in [9.17, 15) is 0 Å². The van der Waals surface area contributed by atoms with E-state index in [1.165, 1.54) is 22.8 Å². The smallest absolute Gasteiger partial charge is 0.0543 e. The molecule has 0 saturated heterocycles. The molecule has 222 valence electrons. The minimum atomic E-state index is 0.687. The summed E-state index contributed by atoms with van der Waals surface area (Å²) in [5, 5.41) is 9.27. The topological polar surface area (TPSA) is 32.0 Å². The van der Waals surface area contributed by atoms with Gasteiger partial charge in [0.2, 0.25) is 0 Å². The summed E-state index contributed by atoms with van der Waals surface area (Å²) in [6.07, 6.45) is 16.4. The summed E-state index contributed by atoms with van der Waals surface area (Å²) in [5.41, 5.74) is 9.70.